The molecule has 0 atom stereocenters. The van der Waals surface area contributed by atoms with Gasteiger partial charge >= 0.3 is 5.92 Å². The van der Waals surface area contributed by atoms with Crippen LogP contribution < -0.4 is 5.32 Å². The Kier molecular flexibility index (Phi) is 3.79. The Bertz CT molecular complexity index is 368. The minimum atomic E-state index is -3.39. The van der Waals surface area contributed by atoms with Gasteiger partial charge in [0.05, 0.1) is 5.33 Å². The van der Waals surface area contributed by atoms with Gasteiger partial charge in [0, 0.05) is 5.69 Å². The lowest BCUT2D eigenvalue weighted by molar-refractivity contribution is -0.136. The maximum absolute atomic E-state index is 12.9. The molecule has 15 heavy (non-hydrogen) atoms. The van der Waals surface area contributed by atoms with Crippen molar-refractivity contribution in [1.82, 2.24) is 0 Å². The molecule has 0 aromatic heterocycles. The Labute approximate surface area is 94.8 Å². The maximum atomic E-state index is 12.9. The molecule has 0 aliphatic carbocycles. The van der Waals surface area contributed by atoms with Gasteiger partial charge in [-0.15, -0.1) is 0 Å². The third-order valence-electron chi connectivity index (χ3n) is 1.89. The first kappa shape index (κ1) is 12.1. The smallest absolute Gasteiger partial charge is 0.321 e. The summed E-state index contributed by atoms with van der Waals surface area (Å²) in [7, 11) is 0. The number of nitrogens with one attached hydrogen (secondary N) is 1. The van der Waals surface area contributed by atoms with Crippen molar-refractivity contribution in [2.75, 3.05) is 10.6 Å². The lowest BCUT2D eigenvalue weighted by atomic mass is 10.2. The molecule has 1 aromatic rings. The normalized spacial score (nSPS) is 11.2. The highest BCUT2D eigenvalue weighted by molar-refractivity contribution is 9.09. The van der Waals surface area contributed by atoms with Gasteiger partial charge in [-0.05, 0) is 18.6 Å². The van der Waals surface area contributed by atoms with E-state index in [1.165, 1.54) is 0 Å². The number of anilines is 1. The fourth-order valence-electron chi connectivity index (χ4n) is 0.988. The van der Waals surface area contributed by atoms with Crippen molar-refractivity contribution in [3.8, 4) is 0 Å². The number of rotatable bonds is 3. The van der Waals surface area contributed by atoms with E-state index in [0.29, 0.717) is 5.69 Å². The van der Waals surface area contributed by atoms with Crippen molar-refractivity contribution < 1.29 is 13.6 Å². The molecule has 0 radical (unpaired) electrons. The van der Waals surface area contributed by atoms with E-state index in [0.717, 1.165) is 5.56 Å². The lowest BCUT2D eigenvalue weighted by Crippen LogP contribution is -2.36. The molecular formula is C10H10BrF2NO. The van der Waals surface area contributed by atoms with Gasteiger partial charge < -0.3 is 5.32 Å². The lowest BCUT2D eigenvalue weighted by Gasteiger charge is -2.14. The summed E-state index contributed by atoms with van der Waals surface area (Å²) in [5.41, 5.74) is 1.15. The van der Waals surface area contributed by atoms with Crippen molar-refractivity contribution >= 4 is 27.5 Å². The SMILES string of the molecule is Cc1ccccc1NC(=O)C(F)(F)CBr. The molecule has 0 saturated carbocycles. The van der Waals surface area contributed by atoms with Crippen molar-refractivity contribution in [1.29, 1.82) is 0 Å². The van der Waals surface area contributed by atoms with Crippen LogP contribution in [0, 0.1) is 6.92 Å². The van der Waals surface area contributed by atoms with Crippen molar-refractivity contribution in [2.45, 2.75) is 12.8 Å². The third-order valence-corrected chi connectivity index (χ3v) is 2.60. The summed E-state index contributed by atoms with van der Waals surface area (Å²) in [4.78, 5) is 11.1. The van der Waals surface area contributed by atoms with Crippen LogP contribution in [0.2, 0.25) is 0 Å². The number of halogens is 3. The van der Waals surface area contributed by atoms with E-state index < -0.39 is 17.2 Å². The van der Waals surface area contributed by atoms with Crippen LogP contribution in [-0.4, -0.2) is 17.2 Å². The highest BCUT2D eigenvalue weighted by Gasteiger charge is 2.37. The summed E-state index contributed by atoms with van der Waals surface area (Å²) in [6.07, 6.45) is 0. The summed E-state index contributed by atoms with van der Waals surface area (Å²) in [5, 5.41) is 1.50. The standard InChI is InChI=1S/C10H10BrF2NO/c1-7-4-2-3-5-8(7)14-9(15)10(12,13)6-11/h2-5H,6H2,1H3,(H,14,15). The summed E-state index contributed by atoms with van der Waals surface area (Å²) in [6.45, 7) is 1.74. The molecule has 0 fully saturated rings. The van der Waals surface area contributed by atoms with Crippen LogP contribution in [0.5, 0.6) is 0 Å². The molecule has 0 heterocycles. The summed E-state index contributed by atoms with van der Waals surface area (Å²) < 4.78 is 25.8. The molecule has 0 aliphatic rings. The van der Waals surface area contributed by atoms with Crippen molar-refractivity contribution in [3.63, 3.8) is 0 Å². The fraction of sp³-hybridized carbons (Fsp3) is 0.300. The molecule has 82 valence electrons. The minimum absolute atomic E-state index is 0.406. The molecule has 0 unspecified atom stereocenters. The zero-order chi connectivity index (χ0) is 11.5. The van der Waals surface area contributed by atoms with Gasteiger partial charge in [0.1, 0.15) is 0 Å². The van der Waals surface area contributed by atoms with E-state index in [9.17, 15) is 13.6 Å². The predicted molar refractivity (Wildman–Crippen MR) is 58.5 cm³/mol. The van der Waals surface area contributed by atoms with Crippen molar-refractivity contribution in [2.24, 2.45) is 0 Å². The second kappa shape index (κ2) is 4.70. The van der Waals surface area contributed by atoms with Gasteiger partial charge in [0.25, 0.3) is 5.91 Å². The number of hydrogen-bond donors (Lipinski definition) is 1. The number of carbonyl (C=O) groups excluding carboxylic acids is 1. The summed E-state index contributed by atoms with van der Waals surface area (Å²) in [6, 6.07) is 6.77. The topological polar surface area (TPSA) is 29.1 Å². The van der Waals surface area contributed by atoms with Crippen LogP contribution >= 0.6 is 15.9 Å². The fourth-order valence-corrected chi connectivity index (χ4v) is 1.24. The molecule has 0 spiro atoms. The number of hydrogen-bond acceptors (Lipinski definition) is 1. The predicted octanol–water partition coefficient (Wildman–Crippen LogP) is 2.96. The van der Waals surface area contributed by atoms with Gasteiger partial charge in [-0.2, -0.15) is 8.78 Å². The van der Waals surface area contributed by atoms with Gasteiger partial charge in [-0.3, -0.25) is 4.79 Å². The number of para-hydroxylation sites is 1. The highest BCUT2D eigenvalue weighted by atomic mass is 79.9. The zero-order valence-electron chi connectivity index (χ0n) is 8.06. The first-order valence-electron chi connectivity index (χ1n) is 4.28. The quantitative estimate of drug-likeness (QED) is 0.846. The van der Waals surface area contributed by atoms with E-state index >= 15 is 0 Å². The Morgan fingerprint density at radius 3 is 2.60 bits per heavy atom. The van der Waals surface area contributed by atoms with E-state index in [4.69, 9.17) is 0 Å². The third kappa shape index (κ3) is 2.99. The first-order chi connectivity index (χ1) is 6.97. The molecule has 1 rings (SSSR count). The first-order valence-corrected chi connectivity index (χ1v) is 5.40. The Balaban J connectivity index is 2.80. The molecule has 1 N–H and O–H groups in total. The second-order valence-electron chi connectivity index (χ2n) is 3.11. The number of aryl methyl sites for hydroxylation is 1. The largest absolute Gasteiger partial charge is 0.334 e. The Morgan fingerprint density at radius 1 is 1.47 bits per heavy atom. The highest BCUT2D eigenvalue weighted by Crippen LogP contribution is 2.21. The summed E-state index contributed by atoms with van der Waals surface area (Å²) >= 11 is 2.59. The van der Waals surface area contributed by atoms with Gasteiger partial charge in [-0.25, -0.2) is 0 Å². The van der Waals surface area contributed by atoms with Gasteiger partial charge in [0.2, 0.25) is 0 Å². The van der Waals surface area contributed by atoms with Crippen LogP contribution in [0.3, 0.4) is 0 Å². The summed E-state index contributed by atoms with van der Waals surface area (Å²) in [5.74, 6) is -4.68. The van der Waals surface area contributed by atoms with Gasteiger partial charge in [0.15, 0.2) is 0 Å². The molecule has 0 bridgehead atoms. The zero-order valence-corrected chi connectivity index (χ0v) is 9.64. The van der Waals surface area contributed by atoms with Crippen molar-refractivity contribution in [3.05, 3.63) is 29.8 Å². The molecule has 1 amide bonds. The monoisotopic (exact) mass is 277 g/mol. The van der Waals surface area contributed by atoms with Crippen LogP contribution in [0.25, 0.3) is 0 Å². The number of benzene rings is 1. The molecule has 0 aliphatic heterocycles. The second-order valence-corrected chi connectivity index (χ2v) is 3.67. The van der Waals surface area contributed by atoms with E-state index in [2.05, 4.69) is 21.2 Å². The molecule has 1 aromatic carbocycles. The van der Waals surface area contributed by atoms with Crippen LogP contribution in [0.4, 0.5) is 14.5 Å². The van der Waals surface area contributed by atoms with Gasteiger partial charge in [-0.1, -0.05) is 34.1 Å². The van der Waals surface area contributed by atoms with Crippen LogP contribution in [-0.2, 0) is 4.79 Å². The van der Waals surface area contributed by atoms with Crippen LogP contribution in [0.1, 0.15) is 5.56 Å². The Hall–Kier alpha value is -0.970. The number of alkyl halides is 3. The maximum Gasteiger partial charge on any atom is 0.334 e. The van der Waals surface area contributed by atoms with E-state index in [1.807, 2.05) is 0 Å². The average molecular weight is 278 g/mol. The number of carbonyl (C=O) groups is 1. The molecular weight excluding hydrogens is 268 g/mol. The Morgan fingerprint density at radius 2 is 2.07 bits per heavy atom. The molecule has 5 heteroatoms. The van der Waals surface area contributed by atoms with E-state index in [-0.39, 0.29) is 0 Å². The van der Waals surface area contributed by atoms with E-state index in [1.54, 1.807) is 31.2 Å². The molecule has 2 nitrogen and oxygen atoms in total. The molecule has 0 saturated heterocycles. The number of amides is 1. The minimum Gasteiger partial charge on any atom is -0.321 e. The average Bonchev–Trinajstić information content (AvgIpc) is 2.21. The van der Waals surface area contributed by atoms with Crippen LogP contribution in [0.15, 0.2) is 24.3 Å².